The molecule has 0 radical (unpaired) electrons. The number of nitrogens with zero attached hydrogens (tertiary/aromatic N) is 2. The average Bonchev–Trinajstić information content (AvgIpc) is 3.38. The van der Waals surface area contributed by atoms with Crippen molar-refractivity contribution in [2.75, 3.05) is 33.5 Å². The zero-order valence-electron chi connectivity index (χ0n) is 16.3. The third kappa shape index (κ3) is 2.93. The lowest BCUT2D eigenvalue weighted by Crippen LogP contribution is -2.52. The second-order valence-electron chi connectivity index (χ2n) is 7.96. The van der Waals surface area contributed by atoms with Crippen LogP contribution in [0.25, 0.3) is 0 Å². The van der Waals surface area contributed by atoms with Crippen molar-refractivity contribution in [2.45, 2.75) is 17.9 Å². The first-order chi connectivity index (χ1) is 14.1. The van der Waals surface area contributed by atoms with Gasteiger partial charge >= 0.3 is 6.03 Å². The van der Waals surface area contributed by atoms with Gasteiger partial charge in [0.1, 0.15) is 5.54 Å². The summed E-state index contributed by atoms with van der Waals surface area (Å²) in [5.74, 6) is 1.09. The summed E-state index contributed by atoms with van der Waals surface area (Å²) in [4.78, 5) is 29.7. The van der Waals surface area contributed by atoms with Crippen molar-refractivity contribution in [1.29, 1.82) is 0 Å². The predicted molar refractivity (Wildman–Crippen MR) is 106 cm³/mol. The Morgan fingerprint density at radius 3 is 2.72 bits per heavy atom. The second kappa shape index (κ2) is 6.77. The smallest absolute Gasteiger partial charge is 0.325 e. The number of likely N-dealkylation sites (N-methyl/N-ethyl adjacent to an activating group) is 1. The van der Waals surface area contributed by atoms with Gasteiger partial charge in [-0.25, -0.2) is 4.79 Å². The average molecular weight is 393 g/mol. The number of imide groups is 1. The second-order valence-corrected chi connectivity index (χ2v) is 7.96. The van der Waals surface area contributed by atoms with Gasteiger partial charge in [-0.2, -0.15) is 0 Å². The summed E-state index contributed by atoms with van der Waals surface area (Å²) in [5.41, 5.74) is 1.12. The van der Waals surface area contributed by atoms with E-state index in [-0.39, 0.29) is 24.6 Å². The molecule has 5 rings (SSSR count). The monoisotopic (exact) mass is 393 g/mol. The molecule has 7 nitrogen and oxygen atoms in total. The van der Waals surface area contributed by atoms with Gasteiger partial charge < -0.3 is 19.7 Å². The number of rotatable bonds is 4. The van der Waals surface area contributed by atoms with Crippen LogP contribution in [0.1, 0.15) is 17.0 Å². The van der Waals surface area contributed by atoms with Gasteiger partial charge in [0.2, 0.25) is 6.79 Å². The van der Waals surface area contributed by atoms with Crippen LogP contribution in [0.4, 0.5) is 4.79 Å². The van der Waals surface area contributed by atoms with Crippen LogP contribution in [0.5, 0.6) is 11.5 Å². The molecule has 3 aliphatic rings. The van der Waals surface area contributed by atoms with Crippen molar-refractivity contribution < 1.29 is 19.1 Å². The van der Waals surface area contributed by atoms with Gasteiger partial charge in [-0.05, 0) is 36.7 Å². The number of carbonyl (C=O) groups excluding carboxylic acids is 2. The molecule has 7 heteroatoms. The number of hydrogen-bond donors (Lipinski definition) is 1. The number of amides is 3. The molecule has 2 fully saturated rings. The SMILES string of the molecule is CN1C[C@H](c2ccc3c(c2)OCO3)[C@]2(C1)NC(=O)N(CCc1ccccc1)C2=O. The Hall–Kier alpha value is -3.06. The molecular formula is C22H23N3O4. The van der Waals surface area contributed by atoms with Crippen LogP contribution in [0, 0.1) is 0 Å². The quantitative estimate of drug-likeness (QED) is 0.805. The third-order valence-corrected chi connectivity index (χ3v) is 6.08. The molecule has 3 amide bonds. The van der Waals surface area contributed by atoms with Crippen molar-refractivity contribution in [2.24, 2.45) is 0 Å². The standard InChI is InChI=1S/C22H23N3O4/c1-24-12-17(16-7-8-18-19(11-16)29-14-28-18)22(13-24)20(26)25(21(27)23-22)10-9-15-5-3-2-4-6-15/h2-8,11,17H,9-10,12-14H2,1H3,(H,23,27)/t17-,22+/m1/s1. The Morgan fingerprint density at radius 1 is 1.10 bits per heavy atom. The molecule has 0 aliphatic carbocycles. The van der Waals surface area contributed by atoms with Crippen LogP contribution >= 0.6 is 0 Å². The van der Waals surface area contributed by atoms with E-state index in [9.17, 15) is 9.59 Å². The molecule has 2 aromatic rings. The minimum Gasteiger partial charge on any atom is -0.454 e. The first-order valence-corrected chi connectivity index (χ1v) is 9.83. The number of likely N-dealkylation sites (tertiary alicyclic amines) is 1. The van der Waals surface area contributed by atoms with Gasteiger partial charge in [0.15, 0.2) is 11.5 Å². The van der Waals surface area contributed by atoms with Crippen LogP contribution in [0.2, 0.25) is 0 Å². The first kappa shape index (κ1) is 18.0. The molecule has 150 valence electrons. The molecule has 1 N–H and O–H groups in total. The van der Waals surface area contributed by atoms with Crippen LogP contribution in [-0.2, 0) is 11.2 Å². The van der Waals surface area contributed by atoms with E-state index in [0.717, 1.165) is 11.1 Å². The highest BCUT2D eigenvalue weighted by Gasteiger charge is 2.59. The van der Waals surface area contributed by atoms with Gasteiger partial charge in [-0.1, -0.05) is 36.4 Å². The third-order valence-electron chi connectivity index (χ3n) is 6.08. The van der Waals surface area contributed by atoms with Crippen molar-refractivity contribution in [3.05, 3.63) is 59.7 Å². The molecule has 3 heterocycles. The van der Waals surface area contributed by atoms with Gasteiger partial charge in [0.05, 0.1) is 0 Å². The van der Waals surface area contributed by atoms with Crippen LogP contribution in [0.3, 0.4) is 0 Å². The number of benzene rings is 2. The molecule has 29 heavy (non-hydrogen) atoms. The lowest BCUT2D eigenvalue weighted by atomic mass is 9.81. The summed E-state index contributed by atoms with van der Waals surface area (Å²) in [6.07, 6.45) is 0.639. The van der Waals surface area contributed by atoms with E-state index in [1.165, 1.54) is 4.90 Å². The maximum Gasteiger partial charge on any atom is 0.325 e. The normalized spacial score (nSPS) is 25.8. The minimum atomic E-state index is -0.948. The summed E-state index contributed by atoms with van der Waals surface area (Å²) in [5, 5.41) is 3.04. The molecule has 2 atom stereocenters. The molecule has 0 saturated carbocycles. The van der Waals surface area contributed by atoms with Gasteiger partial charge in [-0.15, -0.1) is 0 Å². The molecular weight excluding hydrogens is 370 g/mol. The fourth-order valence-corrected chi connectivity index (χ4v) is 4.66. The van der Waals surface area contributed by atoms with Crippen LogP contribution in [0.15, 0.2) is 48.5 Å². The topological polar surface area (TPSA) is 71.1 Å². The summed E-state index contributed by atoms with van der Waals surface area (Å²) >= 11 is 0. The van der Waals surface area contributed by atoms with Crippen LogP contribution in [-0.4, -0.2) is 60.8 Å². The van der Waals surface area contributed by atoms with Gasteiger partial charge in [0.25, 0.3) is 5.91 Å². The Labute approximate surface area is 169 Å². The summed E-state index contributed by atoms with van der Waals surface area (Å²) in [6.45, 7) is 1.74. The summed E-state index contributed by atoms with van der Waals surface area (Å²) in [6, 6.07) is 15.3. The Kier molecular flexibility index (Phi) is 4.20. The molecule has 0 unspecified atom stereocenters. The Bertz CT molecular complexity index is 964. The van der Waals surface area contributed by atoms with Crippen molar-refractivity contribution >= 4 is 11.9 Å². The highest BCUT2D eigenvalue weighted by molar-refractivity contribution is 6.08. The fourth-order valence-electron chi connectivity index (χ4n) is 4.66. The van der Waals surface area contributed by atoms with Crippen LogP contribution < -0.4 is 14.8 Å². The zero-order valence-corrected chi connectivity index (χ0v) is 16.3. The van der Waals surface area contributed by atoms with Crippen molar-refractivity contribution in [3.63, 3.8) is 0 Å². The largest absolute Gasteiger partial charge is 0.454 e. The lowest BCUT2D eigenvalue weighted by Gasteiger charge is -2.28. The number of carbonyl (C=O) groups is 2. The van der Waals surface area contributed by atoms with Crippen molar-refractivity contribution in [1.82, 2.24) is 15.1 Å². The minimum absolute atomic E-state index is 0.148. The molecule has 2 aromatic carbocycles. The summed E-state index contributed by atoms with van der Waals surface area (Å²) in [7, 11) is 1.97. The predicted octanol–water partition coefficient (Wildman–Crippen LogP) is 1.98. The van der Waals surface area contributed by atoms with E-state index in [0.29, 0.717) is 37.6 Å². The van der Waals surface area contributed by atoms with E-state index in [4.69, 9.17) is 9.47 Å². The zero-order chi connectivity index (χ0) is 20.0. The molecule has 0 aromatic heterocycles. The first-order valence-electron chi connectivity index (χ1n) is 9.83. The number of urea groups is 1. The number of nitrogens with one attached hydrogen (secondary N) is 1. The molecule has 0 bridgehead atoms. The Morgan fingerprint density at radius 2 is 1.90 bits per heavy atom. The summed E-state index contributed by atoms with van der Waals surface area (Å²) < 4.78 is 10.9. The maximum absolute atomic E-state index is 13.5. The number of ether oxygens (including phenoxy) is 2. The van der Waals surface area contributed by atoms with E-state index >= 15 is 0 Å². The van der Waals surface area contributed by atoms with E-state index in [2.05, 4.69) is 10.2 Å². The molecule has 3 aliphatic heterocycles. The molecule has 1 spiro atoms. The lowest BCUT2D eigenvalue weighted by molar-refractivity contribution is -0.131. The van der Waals surface area contributed by atoms with Gasteiger partial charge in [-0.3, -0.25) is 9.69 Å². The van der Waals surface area contributed by atoms with Crippen molar-refractivity contribution in [3.8, 4) is 11.5 Å². The number of fused-ring (bicyclic) bond motifs is 1. The molecule has 2 saturated heterocycles. The highest BCUT2D eigenvalue weighted by atomic mass is 16.7. The van der Waals surface area contributed by atoms with E-state index in [1.807, 2.05) is 55.6 Å². The van der Waals surface area contributed by atoms with Gasteiger partial charge in [0, 0.05) is 25.6 Å². The number of hydrogen-bond acceptors (Lipinski definition) is 5. The van der Waals surface area contributed by atoms with E-state index < -0.39 is 5.54 Å². The highest BCUT2D eigenvalue weighted by Crippen LogP contribution is 2.43. The fraction of sp³-hybridized carbons (Fsp3) is 0.364. The Balaban J connectivity index is 1.42. The van der Waals surface area contributed by atoms with E-state index in [1.54, 1.807) is 0 Å². The maximum atomic E-state index is 13.5.